The molecule has 1 aromatic rings. The molecule has 1 amide bonds. The molecule has 1 aliphatic heterocycles. The van der Waals surface area contributed by atoms with Gasteiger partial charge >= 0.3 is 0 Å². The molecule has 26 heavy (non-hydrogen) atoms. The van der Waals surface area contributed by atoms with Crippen LogP contribution >= 0.6 is 0 Å². The minimum absolute atomic E-state index is 0.213. The maximum absolute atomic E-state index is 13.1. The quantitative estimate of drug-likeness (QED) is 0.454. The maximum atomic E-state index is 13.1. The lowest BCUT2D eigenvalue weighted by molar-refractivity contribution is 0.0724. The van der Waals surface area contributed by atoms with E-state index in [2.05, 4.69) is 10.3 Å². The lowest BCUT2D eigenvalue weighted by Gasteiger charge is -2.34. The third-order valence-electron chi connectivity index (χ3n) is 5.91. The Morgan fingerprint density at radius 3 is 2.58 bits per heavy atom. The number of sulfone groups is 1. The molecule has 3 rings (SSSR count). The highest BCUT2D eigenvalue weighted by Crippen LogP contribution is 2.49. The molecule has 1 saturated carbocycles. The molecule has 0 spiro atoms. The van der Waals surface area contributed by atoms with E-state index in [0.29, 0.717) is 43.6 Å². The van der Waals surface area contributed by atoms with Gasteiger partial charge in [0, 0.05) is 25.7 Å². The number of aromatic nitrogens is 2. The van der Waals surface area contributed by atoms with Crippen molar-refractivity contribution in [3.8, 4) is 0 Å². The minimum atomic E-state index is -3.36. The maximum Gasteiger partial charge on any atom is 0.272 e. The largest absolute Gasteiger partial charge is 0.411 e. The van der Waals surface area contributed by atoms with E-state index in [0.717, 1.165) is 5.56 Å². The van der Waals surface area contributed by atoms with Crippen molar-refractivity contribution in [3.63, 3.8) is 0 Å². The van der Waals surface area contributed by atoms with Crippen molar-refractivity contribution in [1.82, 2.24) is 14.7 Å². The third-order valence-corrected chi connectivity index (χ3v) is 9.33. The number of oxime groups is 1. The first-order valence-corrected chi connectivity index (χ1v) is 10.4. The first-order chi connectivity index (χ1) is 12.1. The normalized spacial score (nSPS) is 19.8. The second kappa shape index (κ2) is 6.07. The SMILES string of the molecule is CCC(C)(C)S(=O)(=O)C1(CN2CCc3c(/C=N/O)nn(C)c3C2=O)CC1. The first kappa shape index (κ1) is 18.9. The van der Waals surface area contributed by atoms with E-state index in [1.165, 1.54) is 10.9 Å². The monoisotopic (exact) mass is 382 g/mol. The van der Waals surface area contributed by atoms with E-state index < -0.39 is 19.3 Å². The molecule has 2 aliphatic rings. The Balaban J connectivity index is 1.89. The number of hydrogen-bond donors (Lipinski definition) is 1. The van der Waals surface area contributed by atoms with Crippen LogP contribution in [0.5, 0.6) is 0 Å². The van der Waals surface area contributed by atoms with Crippen LogP contribution in [0.1, 0.15) is 61.8 Å². The zero-order chi connectivity index (χ0) is 19.3. The molecular formula is C17H26N4O4S. The lowest BCUT2D eigenvalue weighted by Crippen LogP contribution is -2.50. The zero-order valence-corrected chi connectivity index (χ0v) is 16.5. The lowest BCUT2D eigenvalue weighted by atomic mass is 10.0. The Hall–Kier alpha value is -1.90. The fourth-order valence-corrected chi connectivity index (χ4v) is 6.20. The number of hydrogen-bond acceptors (Lipinski definition) is 6. The summed E-state index contributed by atoms with van der Waals surface area (Å²) < 4.78 is 26.1. The van der Waals surface area contributed by atoms with E-state index in [1.54, 1.807) is 25.8 Å². The van der Waals surface area contributed by atoms with Gasteiger partial charge in [0.15, 0.2) is 9.84 Å². The number of rotatable bonds is 6. The van der Waals surface area contributed by atoms with Crippen molar-refractivity contribution in [2.45, 2.75) is 55.9 Å². The second-order valence-corrected chi connectivity index (χ2v) is 10.8. The summed E-state index contributed by atoms with van der Waals surface area (Å²) in [6.45, 7) is 6.07. The van der Waals surface area contributed by atoms with Gasteiger partial charge in [0.2, 0.25) is 0 Å². The molecule has 1 N–H and O–H groups in total. The van der Waals surface area contributed by atoms with Gasteiger partial charge in [-0.3, -0.25) is 9.48 Å². The zero-order valence-electron chi connectivity index (χ0n) is 15.7. The van der Waals surface area contributed by atoms with Crippen LogP contribution in [0.2, 0.25) is 0 Å². The fraction of sp³-hybridized carbons (Fsp3) is 0.706. The van der Waals surface area contributed by atoms with Crippen LogP contribution in [0, 0.1) is 0 Å². The molecule has 8 nitrogen and oxygen atoms in total. The van der Waals surface area contributed by atoms with E-state index in [-0.39, 0.29) is 12.5 Å². The second-order valence-electron chi connectivity index (χ2n) is 7.86. The molecule has 0 atom stereocenters. The van der Waals surface area contributed by atoms with Crippen LogP contribution in [0.25, 0.3) is 0 Å². The summed E-state index contributed by atoms with van der Waals surface area (Å²) in [4.78, 5) is 14.6. The highest BCUT2D eigenvalue weighted by molar-refractivity contribution is 7.94. The van der Waals surface area contributed by atoms with Crippen LogP contribution < -0.4 is 0 Å². The van der Waals surface area contributed by atoms with Crippen LogP contribution in [-0.4, -0.2) is 63.0 Å². The van der Waals surface area contributed by atoms with Crippen molar-refractivity contribution in [1.29, 1.82) is 0 Å². The summed E-state index contributed by atoms with van der Waals surface area (Å²) in [6.07, 6.45) is 3.52. The van der Waals surface area contributed by atoms with Gasteiger partial charge in [0.1, 0.15) is 11.4 Å². The van der Waals surface area contributed by atoms with E-state index in [9.17, 15) is 13.2 Å². The van der Waals surface area contributed by atoms with Crippen molar-refractivity contribution in [3.05, 3.63) is 17.0 Å². The van der Waals surface area contributed by atoms with Gasteiger partial charge in [-0.1, -0.05) is 12.1 Å². The smallest absolute Gasteiger partial charge is 0.272 e. The fourth-order valence-electron chi connectivity index (χ4n) is 3.69. The summed E-state index contributed by atoms with van der Waals surface area (Å²) >= 11 is 0. The summed E-state index contributed by atoms with van der Waals surface area (Å²) in [5.74, 6) is -0.213. The molecule has 0 radical (unpaired) electrons. The van der Waals surface area contributed by atoms with Gasteiger partial charge in [-0.15, -0.1) is 0 Å². The van der Waals surface area contributed by atoms with Gasteiger partial charge in [0.25, 0.3) is 5.91 Å². The van der Waals surface area contributed by atoms with Crippen molar-refractivity contribution < 1.29 is 18.4 Å². The summed E-state index contributed by atoms with van der Waals surface area (Å²) in [6, 6.07) is 0. The van der Waals surface area contributed by atoms with Crippen LogP contribution in [0.4, 0.5) is 0 Å². The highest BCUT2D eigenvalue weighted by atomic mass is 32.2. The number of fused-ring (bicyclic) bond motifs is 1. The Bertz CT molecular complexity index is 866. The average Bonchev–Trinajstić information content (AvgIpc) is 3.30. The van der Waals surface area contributed by atoms with Gasteiger partial charge in [0.05, 0.1) is 15.7 Å². The molecule has 2 heterocycles. The Labute approximate surface area is 153 Å². The van der Waals surface area contributed by atoms with Crippen LogP contribution in [0.15, 0.2) is 5.16 Å². The number of carbonyl (C=O) groups is 1. The standard InChI is InChI=1S/C17H26N4O4S/c1-5-16(2,3)26(24,25)17(7-8-17)11-21-9-6-12-13(10-18-23)19-20(4)14(12)15(21)22/h10,23H,5-9,11H2,1-4H3/b18-10+. The van der Waals surface area contributed by atoms with Gasteiger partial charge < -0.3 is 10.1 Å². The minimum Gasteiger partial charge on any atom is -0.411 e. The van der Waals surface area contributed by atoms with Crippen molar-refractivity contribution in [2.24, 2.45) is 12.2 Å². The molecule has 0 unspecified atom stereocenters. The average molecular weight is 382 g/mol. The molecule has 0 aromatic carbocycles. The van der Waals surface area contributed by atoms with Crippen molar-refractivity contribution in [2.75, 3.05) is 13.1 Å². The van der Waals surface area contributed by atoms with Gasteiger partial charge in [-0.05, 0) is 39.5 Å². The van der Waals surface area contributed by atoms with Crippen LogP contribution in [0.3, 0.4) is 0 Å². The first-order valence-electron chi connectivity index (χ1n) is 8.87. The molecule has 1 aromatic heterocycles. The molecular weight excluding hydrogens is 356 g/mol. The summed E-state index contributed by atoms with van der Waals surface area (Å²) in [7, 11) is -1.70. The Kier molecular flexibility index (Phi) is 4.41. The van der Waals surface area contributed by atoms with E-state index >= 15 is 0 Å². The number of amides is 1. The number of nitrogens with zero attached hydrogens (tertiary/aromatic N) is 4. The summed E-state index contributed by atoms with van der Waals surface area (Å²) in [5, 5.41) is 16.0. The topological polar surface area (TPSA) is 105 Å². The molecule has 1 fully saturated rings. The van der Waals surface area contributed by atoms with Crippen LogP contribution in [-0.2, 0) is 23.3 Å². The molecule has 0 bridgehead atoms. The van der Waals surface area contributed by atoms with E-state index in [1.807, 2.05) is 6.92 Å². The highest BCUT2D eigenvalue weighted by Gasteiger charge is 2.60. The molecule has 1 aliphatic carbocycles. The van der Waals surface area contributed by atoms with E-state index in [4.69, 9.17) is 5.21 Å². The Morgan fingerprint density at radius 1 is 1.38 bits per heavy atom. The van der Waals surface area contributed by atoms with Gasteiger partial charge in [-0.25, -0.2) is 8.42 Å². The molecule has 0 saturated heterocycles. The summed E-state index contributed by atoms with van der Waals surface area (Å²) in [5.41, 5.74) is 1.65. The predicted molar refractivity (Wildman–Crippen MR) is 97.5 cm³/mol. The van der Waals surface area contributed by atoms with Crippen molar-refractivity contribution >= 4 is 22.0 Å². The number of carbonyl (C=O) groups excluding carboxylic acids is 1. The predicted octanol–water partition coefficient (Wildman–Crippen LogP) is 1.36. The number of aryl methyl sites for hydroxylation is 1. The molecule has 9 heteroatoms. The Morgan fingerprint density at radius 2 is 2.04 bits per heavy atom. The molecule has 144 valence electrons. The third kappa shape index (κ3) is 2.64. The van der Waals surface area contributed by atoms with Gasteiger partial charge in [-0.2, -0.15) is 5.10 Å².